The standard InChI is InChI=1S/C16H20BrN3/c1-3-20(11-13-6-8-19-9-7-13)16-5-4-14(17)10-15(16)12(2)18/h4-10,12H,3,11,18H2,1-2H3. The van der Waals surface area contributed by atoms with Crippen LogP contribution in [0, 0.1) is 0 Å². The summed E-state index contributed by atoms with van der Waals surface area (Å²) in [7, 11) is 0. The summed E-state index contributed by atoms with van der Waals surface area (Å²) in [6, 6.07) is 10.4. The maximum Gasteiger partial charge on any atom is 0.0430 e. The fourth-order valence-electron chi connectivity index (χ4n) is 2.25. The molecule has 0 amide bonds. The van der Waals surface area contributed by atoms with E-state index in [1.54, 1.807) is 0 Å². The lowest BCUT2D eigenvalue weighted by Crippen LogP contribution is -2.24. The molecule has 4 heteroatoms. The molecule has 2 aromatic rings. The molecule has 20 heavy (non-hydrogen) atoms. The zero-order valence-electron chi connectivity index (χ0n) is 11.9. The minimum Gasteiger partial charge on any atom is -0.367 e. The molecule has 0 radical (unpaired) electrons. The van der Waals surface area contributed by atoms with Crippen LogP contribution < -0.4 is 10.6 Å². The Morgan fingerprint density at radius 2 is 1.95 bits per heavy atom. The van der Waals surface area contributed by atoms with Gasteiger partial charge in [0.1, 0.15) is 0 Å². The summed E-state index contributed by atoms with van der Waals surface area (Å²) in [5, 5.41) is 0. The number of pyridine rings is 1. The van der Waals surface area contributed by atoms with Crippen molar-refractivity contribution in [2.75, 3.05) is 11.4 Å². The Morgan fingerprint density at radius 3 is 2.55 bits per heavy atom. The second-order valence-corrected chi connectivity index (χ2v) is 5.78. The molecule has 0 saturated heterocycles. The molecule has 1 aromatic carbocycles. The molecule has 0 aliphatic rings. The minimum absolute atomic E-state index is 0.00832. The highest BCUT2D eigenvalue weighted by Gasteiger charge is 2.13. The molecular formula is C16H20BrN3. The van der Waals surface area contributed by atoms with E-state index in [0.29, 0.717) is 0 Å². The number of anilines is 1. The Labute approximate surface area is 129 Å². The first-order chi connectivity index (χ1) is 9.61. The third-order valence-corrected chi connectivity index (χ3v) is 3.82. The Kier molecular flexibility index (Phi) is 5.15. The molecule has 0 fully saturated rings. The Bertz CT molecular complexity index is 555. The van der Waals surface area contributed by atoms with Gasteiger partial charge in [0.25, 0.3) is 0 Å². The van der Waals surface area contributed by atoms with Gasteiger partial charge in [-0.1, -0.05) is 15.9 Å². The summed E-state index contributed by atoms with van der Waals surface area (Å²) in [6.45, 7) is 5.98. The van der Waals surface area contributed by atoms with E-state index in [-0.39, 0.29) is 6.04 Å². The van der Waals surface area contributed by atoms with Crippen LogP contribution >= 0.6 is 15.9 Å². The van der Waals surface area contributed by atoms with E-state index in [1.165, 1.54) is 11.3 Å². The normalized spacial score (nSPS) is 12.2. The third-order valence-electron chi connectivity index (χ3n) is 3.33. The van der Waals surface area contributed by atoms with Gasteiger partial charge in [0, 0.05) is 41.7 Å². The number of aromatic nitrogens is 1. The van der Waals surface area contributed by atoms with Crippen LogP contribution in [0.25, 0.3) is 0 Å². The summed E-state index contributed by atoms with van der Waals surface area (Å²) in [5.41, 5.74) is 9.72. The van der Waals surface area contributed by atoms with Crippen molar-refractivity contribution in [3.63, 3.8) is 0 Å². The van der Waals surface area contributed by atoms with E-state index >= 15 is 0 Å². The van der Waals surface area contributed by atoms with Crippen LogP contribution in [0.3, 0.4) is 0 Å². The molecule has 2 rings (SSSR count). The predicted octanol–water partition coefficient (Wildman–Crippen LogP) is 3.89. The van der Waals surface area contributed by atoms with Crippen molar-refractivity contribution in [3.05, 3.63) is 58.3 Å². The van der Waals surface area contributed by atoms with Crippen LogP contribution in [-0.2, 0) is 6.54 Å². The molecule has 0 saturated carbocycles. The zero-order chi connectivity index (χ0) is 14.5. The SMILES string of the molecule is CCN(Cc1ccncc1)c1ccc(Br)cc1C(C)N. The van der Waals surface area contributed by atoms with Crippen molar-refractivity contribution >= 4 is 21.6 Å². The van der Waals surface area contributed by atoms with Crippen molar-refractivity contribution in [2.24, 2.45) is 5.73 Å². The molecule has 0 spiro atoms. The summed E-state index contributed by atoms with van der Waals surface area (Å²) in [5.74, 6) is 0. The van der Waals surface area contributed by atoms with Crippen LogP contribution in [0.2, 0.25) is 0 Å². The predicted molar refractivity (Wildman–Crippen MR) is 87.7 cm³/mol. The van der Waals surface area contributed by atoms with Gasteiger partial charge < -0.3 is 10.6 Å². The summed E-state index contributed by atoms with van der Waals surface area (Å²) >= 11 is 3.52. The van der Waals surface area contributed by atoms with Crippen molar-refractivity contribution in [2.45, 2.75) is 26.4 Å². The second-order valence-electron chi connectivity index (χ2n) is 4.86. The van der Waals surface area contributed by atoms with E-state index in [9.17, 15) is 0 Å². The molecule has 0 aliphatic carbocycles. The van der Waals surface area contributed by atoms with E-state index in [0.717, 1.165) is 23.1 Å². The first-order valence-corrected chi connectivity index (χ1v) is 7.60. The van der Waals surface area contributed by atoms with Gasteiger partial charge in [-0.2, -0.15) is 0 Å². The van der Waals surface area contributed by atoms with Gasteiger partial charge in [0.15, 0.2) is 0 Å². The summed E-state index contributed by atoms with van der Waals surface area (Å²) < 4.78 is 1.06. The van der Waals surface area contributed by atoms with E-state index < -0.39 is 0 Å². The van der Waals surface area contributed by atoms with Crippen LogP contribution in [-0.4, -0.2) is 11.5 Å². The second kappa shape index (κ2) is 6.86. The number of halogens is 1. The lowest BCUT2D eigenvalue weighted by molar-refractivity contribution is 0.776. The van der Waals surface area contributed by atoms with Crippen LogP contribution in [0.5, 0.6) is 0 Å². The van der Waals surface area contributed by atoms with E-state index in [4.69, 9.17) is 5.73 Å². The highest BCUT2D eigenvalue weighted by molar-refractivity contribution is 9.10. The first kappa shape index (κ1) is 15.0. The molecule has 0 aliphatic heterocycles. The third kappa shape index (κ3) is 3.58. The van der Waals surface area contributed by atoms with E-state index in [2.05, 4.69) is 50.9 Å². The lowest BCUT2D eigenvalue weighted by Gasteiger charge is -2.27. The zero-order valence-corrected chi connectivity index (χ0v) is 13.5. The average Bonchev–Trinajstić information content (AvgIpc) is 2.46. The molecule has 1 unspecified atom stereocenters. The maximum absolute atomic E-state index is 6.11. The Hall–Kier alpha value is -1.39. The van der Waals surface area contributed by atoms with Gasteiger partial charge in [-0.3, -0.25) is 4.98 Å². The lowest BCUT2D eigenvalue weighted by atomic mass is 10.1. The fraction of sp³-hybridized carbons (Fsp3) is 0.312. The van der Waals surface area contributed by atoms with Gasteiger partial charge in [-0.25, -0.2) is 0 Å². The smallest absolute Gasteiger partial charge is 0.0430 e. The summed E-state index contributed by atoms with van der Waals surface area (Å²) in [6.07, 6.45) is 3.66. The van der Waals surface area contributed by atoms with Gasteiger partial charge >= 0.3 is 0 Å². The van der Waals surface area contributed by atoms with Gasteiger partial charge in [-0.15, -0.1) is 0 Å². The van der Waals surface area contributed by atoms with Crippen LogP contribution in [0.4, 0.5) is 5.69 Å². The molecule has 1 heterocycles. The van der Waals surface area contributed by atoms with Crippen molar-refractivity contribution < 1.29 is 0 Å². The largest absolute Gasteiger partial charge is 0.367 e. The molecule has 106 valence electrons. The monoisotopic (exact) mass is 333 g/mol. The van der Waals surface area contributed by atoms with Crippen molar-refractivity contribution in [1.29, 1.82) is 0 Å². The maximum atomic E-state index is 6.11. The topological polar surface area (TPSA) is 42.2 Å². The van der Waals surface area contributed by atoms with E-state index in [1.807, 2.05) is 31.5 Å². The first-order valence-electron chi connectivity index (χ1n) is 6.80. The van der Waals surface area contributed by atoms with Crippen molar-refractivity contribution in [3.8, 4) is 0 Å². The number of nitrogens with zero attached hydrogens (tertiary/aromatic N) is 2. The van der Waals surface area contributed by atoms with Crippen LogP contribution in [0.1, 0.15) is 31.0 Å². The quantitative estimate of drug-likeness (QED) is 0.902. The van der Waals surface area contributed by atoms with Gasteiger partial charge in [0.05, 0.1) is 0 Å². The number of rotatable bonds is 5. The van der Waals surface area contributed by atoms with Gasteiger partial charge in [-0.05, 0) is 55.3 Å². The minimum atomic E-state index is 0.00832. The Morgan fingerprint density at radius 1 is 1.25 bits per heavy atom. The molecule has 1 atom stereocenters. The highest BCUT2D eigenvalue weighted by atomic mass is 79.9. The van der Waals surface area contributed by atoms with Crippen LogP contribution in [0.15, 0.2) is 47.2 Å². The van der Waals surface area contributed by atoms with Crippen molar-refractivity contribution in [1.82, 2.24) is 4.98 Å². The molecule has 3 nitrogen and oxygen atoms in total. The molecule has 0 bridgehead atoms. The number of nitrogens with two attached hydrogens (primary N) is 1. The highest BCUT2D eigenvalue weighted by Crippen LogP contribution is 2.29. The average molecular weight is 334 g/mol. The molecular weight excluding hydrogens is 314 g/mol. The Balaban J connectivity index is 2.32. The molecule has 2 N–H and O–H groups in total. The summed E-state index contributed by atoms with van der Waals surface area (Å²) in [4.78, 5) is 6.40. The number of hydrogen-bond acceptors (Lipinski definition) is 3. The number of hydrogen-bond donors (Lipinski definition) is 1. The number of benzene rings is 1. The van der Waals surface area contributed by atoms with Gasteiger partial charge in [0.2, 0.25) is 0 Å². The fourth-order valence-corrected chi connectivity index (χ4v) is 2.63. The molecule has 1 aromatic heterocycles.